The summed E-state index contributed by atoms with van der Waals surface area (Å²) in [6.45, 7) is 4.53. The number of hydrogen-bond acceptors (Lipinski definition) is 6. The van der Waals surface area contributed by atoms with E-state index in [1.807, 2.05) is 32.0 Å². The lowest BCUT2D eigenvalue weighted by atomic mass is 10.0. The number of thioether (sulfide) groups is 1. The van der Waals surface area contributed by atoms with Crippen LogP contribution in [-0.4, -0.2) is 46.8 Å². The standard InChI is InChI=1S/C27H31N3O4S/c1-17-8-9-18(2)22(14-17)24(31)16-35-27-29-23-15-19(25(32)28-20-6-4-5-7-20)10-11-21(23)26(33)30(27)12-13-34-3/h8-11,14-15,20H,4-7,12-13,16H2,1-3H3,(H,28,32). The summed E-state index contributed by atoms with van der Waals surface area (Å²) in [5.74, 6) is -0.0196. The third-order valence-electron chi connectivity index (χ3n) is 6.42. The normalized spacial score (nSPS) is 13.9. The second-order valence-corrected chi connectivity index (χ2v) is 10.0. The minimum absolute atomic E-state index is 0.0199. The fourth-order valence-electron chi connectivity index (χ4n) is 4.41. The number of fused-ring (bicyclic) bond motifs is 1. The molecule has 0 radical (unpaired) electrons. The molecular formula is C27H31N3O4S. The first-order valence-corrected chi connectivity index (χ1v) is 12.9. The second kappa shape index (κ2) is 11.2. The second-order valence-electron chi connectivity index (χ2n) is 9.06. The Hall–Kier alpha value is -2.97. The van der Waals surface area contributed by atoms with Crippen LogP contribution < -0.4 is 10.9 Å². The monoisotopic (exact) mass is 493 g/mol. The summed E-state index contributed by atoms with van der Waals surface area (Å²) in [6, 6.07) is 11.0. The smallest absolute Gasteiger partial charge is 0.262 e. The Morgan fingerprint density at radius 3 is 2.66 bits per heavy atom. The zero-order valence-corrected chi connectivity index (χ0v) is 21.2. The van der Waals surface area contributed by atoms with Crippen molar-refractivity contribution >= 4 is 34.4 Å². The summed E-state index contributed by atoms with van der Waals surface area (Å²) < 4.78 is 6.74. The van der Waals surface area contributed by atoms with Crippen LogP contribution in [0.4, 0.5) is 0 Å². The molecule has 184 valence electrons. The van der Waals surface area contributed by atoms with E-state index < -0.39 is 0 Å². The molecule has 8 heteroatoms. The Balaban J connectivity index is 1.64. The van der Waals surface area contributed by atoms with Crippen LogP contribution in [0.1, 0.15) is 57.5 Å². The number of ketones is 1. The average molecular weight is 494 g/mol. The lowest BCUT2D eigenvalue weighted by Gasteiger charge is -2.14. The zero-order chi connectivity index (χ0) is 24.9. The highest BCUT2D eigenvalue weighted by atomic mass is 32.2. The number of rotatable bonds is 9. The van der Waals surface area contributed by atoms with Gasteiger partial charge >= 0.3 is 0 Å². The van der Waals surface area contributed by atoms with Crippen molar-refractivity contribution in [3.05, 3.63) is 69.0 Å². The molecule has 0 unspecified atom stereocenters. The van der Waals surface area contributed by atoms with Crippen LogP contribution in [0, 0.1) is 13.8 Å². The van der Waals surface area contributed by atoms with Crippen molar-refractivity contribution in [3.8, 4) is 0 Å². The number of nitrogens with zero attached hydrogens (tertiary/aromatic N) is 2. The molecule has 1 amide bonds. The molecule has 0 bridgehead atoms. The number of ether oxygens (including phenoxy) is 1. The van der Waals surface area contributed by atoms with Crippen molar-refractivity contribution in [2.24, 2.45) is 0 Å². The lowest BCUT2D eigenvalue weighted by molar-refractivity contribution is 0.0937. The quantitative estimate of drug-likeness (QED) is 0.271. The topological polar surface area (TPSA) is 90.3 Å². The number of carbonyl (C=O) groups is 2. The number of Topliss-reactive ketones (excluding diaryl/α,β-unsaturated/α-hetero) is 1. The van der Waals surface area contributed by atoms with Crippen LogP contribution in [0.25, 0.3) is 10.9 Å². The maximum atomic E-state index is 13.3. The summed E-state index contributed by atoms with van der Waals surface area (Å²) in [6.07, 6.45) is 4.26. The molecule has 2 aromatic carbocycles. The summed E-state index contributed by atoms with van der Waals surface area (Å²) >= 11 is 1.23. The molecule has 1 N–H and O–H groups in total. The molecule has 7 nitrogen and oxygen atoms in total. The van der Waals surface area contributed by atoms with Crippen LogP contribution in [0.5, 0.6) is 0 Å². The van der Waals surface area contributed by atoms with Gasteiger partial charge in [0.2, 0.25) is 0 Å². The van der Waals surface area contributed by atoms with Crippen LogP contribution in [-0.2, 0) is 11.3 Å². The first kappa shape index (κ1) is 25.1. The van der Waals surface area contributed by atoms with E-state index in [4.69, 9.17) is 9.72 Å². The number of aryl methyl sites for hydroxylation is 2. The summed E-state index contributed by atoms with van der Waals surface area (Å²) in [5, 5.41) is 3.95. The van der Waals surface area contributed by atoms with Gasteiger partial charge in [0.05, 0.1) is 29.8 Å². The largest absolute Gasteiger partial charge is 0.383 e. The van der Waals surface area contributed by atoms with Gasteiger partial charge < -0.3 is 10.1 Å². The van der Waals surface area contributed by atoms with Gasteiger partial charge in [0.15, 0.2) is 10.9 Å². The number of nitrogens with one attached hydrogen (secondary N) is 1. The van der Waals surface area contributed by atoms with Crippen molar-refractivity contribution in [1.82, 2.24) is 14.9 Å². The van der Waals surface area contributed by atoms with Crippen LogP contribution >= 0.6 is 11.8 Å². The fourth-order valence-corrected chi connectivity index (χ4v) is 5.32. The molecule has 3 aromatic rings. The molecule has 0 spiro atoms. The average Bonchev–Trinajstić information content (AvgIpc) is 3.36. The van der Waals surface area contributed by atoms with Gasteiger partial charge in [-0.25, -0.2) is 4.98 Å². The number of aromatic nitrogens is 2. The summed E-state index contributed by atoms with van der Waals surface area (Å²) in [7, 11) is 1.58. The van der Waals surface area contributed by atoms with E-state index in [2.05, 4.69) is 5.32 Å². The fraction of sp³-hybridized carbons (Fsp3) is 0.407. The molecule has 0 saturated heterocycles. The van der Waals surface area contributed by atoms with E-state index in [9.17, 15) is 14.4 Å². The van der Waals surface area contributed by atoms with Gasteiger partial charge in [-0.1, -0.05) is 42.3 Å². The Morgan fingerprint density at radius 2 is 1.91 bits per heavy atom. The number of benzene rings is 2. The van der Waals surface area contributed by atoms with Crippen molar-refractivity contribution < 1.29 is 14.3 Å². The van der Waals surface area contributed by atoms with Gasteiger partial charge in [-0.2, -0.15) is 0 Å². The highest BCUT2D eigenvalue weighted by Crippen LogP contribution is 2.22. The van der Waals surface area contributed by atoms with E-state index in [1.165, 1.54) is 11.8 Å². The molecule has 35 heavy (non-hydrogen) atoms. The molecule has 0 aliphatic heterocycles. The predicted octanol–water partition coefficient (Wildman–Crippen LogP) is 4.31. The highest BCUT2D eigenvalue weighted by molar-refractivity contribution is 7.99. The van der Waals surface area contributed by atoms with Crippen molar-refractivity contribution in [1.29, 1.82) is 0 Å². The van der Waals surface area contributed by atoms with E-state index in [1.54, 1.807) is 29.9 Å². The first-order valence-electron chi connectivity index (χ1n) is 11.9. The molecule has 4 rings (SSSR count). The third kappa shape index (κ3) is 5.82. The van der Waals surface area contributed by atoms with Gasteiger partial charge in [0.1, 0.15) is 0 Å². The molecule has 1 aromatic heterocycles. The van der Waals surface area contributed by atoms with Gasteiger partial charge in [-0.15, -0.1) is 0 Å². The first-order chi connectivity index (χ1) is 16.9. The van der Waals surface area contributed by atoms with Gasteiger partial charge in [0, 0.05) is 24.3 Å². The lowest BCUT2D eigenvalue weighted by Crippen LogP contribution is -2.32. The highest BCUT2D eigenvalue weighted by Gasteiger charge is 2.20. The number of carbonyl (C=O) groups excluding carboxylic acids is 2. The molecular weight excluding hydrogens is 462 g/mol. The number of methoxy groups -OCH3 is 1. The van der Waals surface area contributed by atoms with Crippen molar-refractivity contribution in [2.45, 2.75) is 57.3 Å². The molecule has 1 saturated carbocycles. The Labute approximate surface area is 209 Å². The van der Waals surface area contributed by atoms with Crippen molar-refractivity contribution in [3.63, 3.8) is 0 Å². The Morgan fingerprint density at radius 1 is 1.14 bits per heavy atom. The maximum absolute atomic E-state index is 13.3. The molecule has 1 heterocycles. The molecule has 1 aliphatic carbocycles. The Kier molecular flexibility index (Phi) is 8.03. The molecule has 1 fully saturated rings. The summed E-state index contributed by atoms with van der Waals surface area (Å²) in [5.41, 5.74) is 3.33. The molecule has 0 atom stereocenters. The van der Waals surface area contributed by atoms with E-state index in [0.29, 0.717) is 40.3 Å². The van der Waals surface area contributed by atoms with Gasteiger partial charge in [-0.05, 0) is 56.5 Å². The van der Waals surface area contributed by atoms with Crippen LogP contribution in [0.15, 0.2) is 46.3 Å². The zero-order valence-electron chi connectivity index (χ0n) is 20.4. The number of amides is 1. The van der Waals surface area contributed by atoms with Crippen molar-refractivity contribution in [2.75, 3.05) is 19.5 Å². The van der Waals surface area contributed by atoms with E-state index in [0.717, 1.165) is 36.8 Å². The van der Waals surface area contributed by atoms with Crippen LogP contribution in [0.3, 0.4) is 0 Å². The number of hydrogen-bond donors (Lipinski definition) is 1. The predicted molar refractivity (Wildman–Crippen MR) is 139 cm³/mol. The van der Waals surface area contributed by atoms with Crippen LogP contribution in [0.2, 0.25) is 0 Å². The van der Waals surface area contributed by atoms with Gasteiger partial charge in [-0.3, -0.25) is 19.0 Å². The van der Waals surface area contributed by atoms with E-state index >= 15 is 0 Å². The minimum Gasteiger partial charge on any atom is -0.383 e. The summed E-state index contributed by atoms with van der Waals surface area (Å²) in [4.78, 5) is 43.7. The van der Waals surface area contributed by atoms with Gasteiger partial charge in [0.25, 0.3) is 11.5 Å². The maximum Gasteiger partial charge on any atom is 0.262 e. The third-order valence-corrected chi connectivity index (χ3v) is 7.39. The van der Waals surface area contributed by atoms with E-state index in [-0.39, 0.29) is 29.0 Å². The Bertz CT molecular complexity index is 1310. The SMILES string of the molecule is COCCn1c(SCC(=O)c2cc(C)ccc2C)nc2cc(C(=O)NC3CCCC3)ccc2c1=O. The minimum atomic E-state index is -0.212. The molecule has 1 aliphatic rings.